The molecule has 0 radical (unpaired) electrons. The standard InChI is InChI=1S/C28H27NO5/c1-17-9-10-18(2)21(15-17)26(31)24-25(20-11-12-22(30)23(16-20)34-3)29(28(33)27(24)32)14-13-19-7-5-4-6-8-19/h4-12,15-16,25,30-31H,13-14H2,1-3H3/b26-24+. The third kappa shape index (κ3) is 4.27. The first-order valence-electron chi connectivity index (χ1n) is 11.1. The minimum absolute atomic E-state index is 0.0273. The number of ketones is 1. The van der Waals surface area contributed by atoms with Crippen LogP contribution in [0.3, 0.4) is 0 Å². The minimum Gasteiger partial charge on any atom is -0.507 e. The van der Waals surface area contributed by atoms with E-state index in [9.17, 15) is 19.8 Å². The first kappa shape index (κ1) is 23.1. The van der Waals surface area contributed by atoms with E-state index in [2.05, 4.69) is 0 Å². The summed E-state index contributed by atoms with van der Waals surface area (Å²) in [5.41, 5.74) is 3.85. The number of benzene rings is 3. The van der Waals surface area contributed by atoms with Gasteiger partial charge in [0.15, 0.2) is 11.5 Å². The fourth-order valence-corrected chi connectivity index (χ4v) is 4.35. The molecule has 2 N–H and O–H groups in total. The molecule has 1 atom stereocenters. The van der Waals surface area contributed by atoms with Gasteiger partial charge in [-0.25, -0.2) is 0 Å². The highest BCUT2D eigenvalue weighted by molar-refractivity contribution is 6.46. The monoisotopic (exact) mass is 457 g/mol. The molecule has 3 aromatic rings. The van der Waals surface area contributed by atoms with Gasteiger partial charge >= 0.3 is 0 Å². The van der Waals surface area contributed by atoms with Gasteiger partial charge in [0.1, 0.15) is 5.76 Å². The van der Waals surface area contributed by atoms with Crippen molar-refractivity contribution in [2.45, 2.75) is 26.3 Å². The van der Waals surface area contributed by atoms with Crippen molar-refractivity contribution in [1.82, 2.24) is 4.90 Å². The predicted octanol–water partition coefficient (Wildman–Crippen LogP) is 4.68. The van der Waals surface area contributed by atoms with E-state index in [-0.39, 0.29) is 29.4 Å². The number of nitrogens with zero attached hydrogens (tertiary/aromatic N) is 1. The number of rotatable bonds is 6. The summed E-state index contributed by atoms with van der Waals surface area (Å²) < 4.78 is 5.26. The van der Waals surface area contributed by atoms with Gasteiger partial charge in [-0.2, -0.15) is 0 Å². The van der Waals surface area contributed by atoms with E-state index in [4.69, 9.17) is 4.74 Å². The average molecular weight is 458 g/mol. The Morgan fingerprint density at radius 2 is 1.74 bits per heavy atom. The summed E-state index contributed by atoms with van der Waals surface area (Å²) >= 11 is 0. The number of methoxy groups -OCH3 is 1. The number of aliphatic hydroxyl groups excluding tert-OH is 1. The van der Waals surface area contributed by atoms with Gasteiger partial charge in [-0.1, -0.05) is 54.1 Å². The maximum absolute atomic E-state index is 13.3. The number of amides is 1. The van der Waals surface area contributed by atoms with Crippen LogP contribution in [-0.4, -0.2) is 40.5 Å². The molecule has 1 heterocycles. The average Bonchev–Trinajstić information content (AvgIpc) is 3.09. The van der Waals surface area contributed by atoms with Crippen LogP contribution in [0.5, 0.6) is 11.5 Å². The molecule has 0 aromatic heterocycles. The number of aryl methyl sites for hydroxylation is 2. The number of carbonyl (C=O) groups is 2. The Bertz CT molecular complexity index is 1280. The highest BCUT2D eigenvalue weighted by Crippen LogP contribution is 2.42. The van der Waals surface area contributed by atoms with Crippen LogP contribution < -0.4 is 4.74 Å². The van der Waals surface area contributed by atoms with Gasteiger partial charge in [0, 0.05) is 12.1 Å². The number of phenolic OH excluding ortho intramolecular Hbond substituents is 1. The van der Waals surface area contributed by atoms with E-state index in [1.165, 1.54) is 18.1 Å². The second kappa shape index (κ2) is 9.43. The van der Waals surface area contributed by atoms with Crippen molar-refractivity contribution >= 4 is 17.4 Å². The summed E-state index contributed by atoms with van der Waals surface area (Å²) in [7, 11) is 1.43. The molecule has 4 rings (SSSR count). The van der Waals surface area contributed by atoms with E-state index in [0.717, 1.165) is 16.7 Å². The maximum Gasteiger partial charge on any atom is 0.295 e. The van der Waals surface area contributed by atoms with Crippen molar-refractivity contribution in [1.29, 1.82) is 0 Å². The van der Waals surface area contributed by atoms with Crippen molar-refractivity contribution in [2.24, 2.45) is 0 Å². The molecule has 1 amide bonds. The summed E-state index contributed by atoms with van der Waals surface area (Å²) in [5.74, 6) is -1.44. The number of carbonyl (C=O) groups excluding carboxylic acids is 2. The summed E-state index contributed by atoms with van der Waals surface area (Å²) in [6.45, 7) is 4.03. The fraction of sp³-hybridized carbons (Fsp3) is 0.214. The minimum atomic E-state index is -0.821. The van der Waals surface area contributed by atoms with Gasteiger partial charge in [0.2, 0.25) is 0 Å². The molecule has 174 valence electrons. The fourth-order valence-electron chi connectivity index (χ4n) is 4.35. The van der Waals surface area contributed by atoms with Crippen LogP contribution in [0.15, 0.2) is 72.3 Å². The van der Waals surface area contributed by atoms with E-state index < -0.39 is 17.7 Å². The molecule has 1 saturated heterocycles. The molecule has 0 spiro atoms. The molecule has 6 heteroatoms. The lowest BCUT2D eigenvalue weighted by Gasteiger charge is -2.26. The van der Waals surface area contributed by atoms with E-state index in [1.807, 2.05) is 56.3 Å². The molecule has 6 nitrogen and oxygen atoms in total. The van der Waals surface area contributed by atoms with Gasteiger partial charge in [0.05, 0.1) is 18.7 Å². The van der Waals surface area contributed by atoms with Crippen LogP contribution in [0.1, 0.15) is 33.9 Å². The zero-order valence-corrected chi connectivity index (χ0v) is 19.4. The molecule has 0 saturated carbocycles. The number of aromatic hydroxyl groups is 1. The zero-order chi connectivity index (χ0) is 24.4. The molecule has 1 aliphatic heterocycles. The van der Waals surface area contributed by atoms with E-state index >= 15 is 0 Å². The number of Topliss-reactive ketones (excluding diaryl/α,β-unsaturated/α-hetero) is 1. The van der Waals surface area contributed by atoms with Gasteiger partial charge in [0.25, 0.3) is 11.7 Å². The molecular weight excluding hydrogens is 430 g/mol. The van der Waals surface area contributed by atoms with Gasteiger partial charge in [-0.15, -0.1) is 0 Å². The lowest BCUT2D eigenvalue weighted by Crippen LogP contribution is -2.31. The molecule has 0 bridgehead atoms. The summed E-state index contributed by atoms with van der Waals surface area (Å²) in [6.07, 6.45) is 0.545. The second-order valence-electron chi connectivity index (χ2n) is 8.48. The summed E-state index contributed by atoms with van der Waals surface area (Å²) in [4.78, 5) is 27.9. The smallest absolute Gasteiger partial charge is 0.295 e. The zero-order valence-electron chi connectivity index (χ0n) is 19.4. The number of hydrogen-bond donors (Lipinski definition) is 2. The molecule has 1 unspecified atom stereocenters. The third-order valence-electron chi connectivity index (χ3n) is 6.19. The molecule has 3 aromatic carbocycles. The third-order valence-corrected chi connectivity index (χ3v) is 6.19. The van der Waals surface area contributed by atoms with Gasteiger partial charge < -0.3 is 19.8 Å². The Morgan fingerprint density at radius 1 is 1.00 bits per heavy atom. The van der Waals surface area contributed by atoms with E-state index in [0.29, 0.717) is 17.5 Å². The van der Waals surface area contributed by atoms with Crippen molar-refractivity contribution in [3.63, 3.8) is 0 Å². The molecule has 1 fully saturated rings. The Labute approximate surface area is 198 Å². The molecule has 1 aliphatic rings. The Kier molecular flexibility index (Phi) is 6.41. The Balaban J connectivity index is 1.86. The largest absolute Gasteiger partial charge is 0.507 e. The van der Waals surface area contributed by atoms with E-state index in [1.54, 1.807) is 18.2 Å². The Morgan fingerprint density at radius 3 is 2.44 bits per heavy atom. The summed E-state index contributed by atoms with van der Waals surface area (Å²) in [6, 6.07) is 19.2. The SMILES string of the molecule is COc1cc(C2/C(=C(\O)c3cc(C)ccc3C)C(=O)C(=O)N2CCc2ccccc2)ccc1O. The van der Waals surface area contributed by atoms with Crippen molar-refractivity contribution in [3.8, 4) is 11.5 Å². The van der Waals surface area contributed by atoms with Crippen molar-refractivity contribution < 1.29 is 24.5 Å². The number of likely N-dealkylation sites (tertiary alicyclic amines) is 1. The number of hydrogen-bond acceptors (Lipinski definition) is 5. The quantitative estimate of drug-likeness (QED) is 0.319. The highest BCUT2D eigenvalue weighted by atomic mass is 16.5. The van der Waals surface area contributed by atoms with Crippen LogP contribution in [0.2, 0.25) is 0 Å². The van der Waals surface area contributed by atoms with Gasteiger partial charge in [-0.3, -0.25) is 9.59 Å². The number of ether oxygens (including phenoxy) is 1. The predicted molar refractivity (Wildman–Crippen MR) is 130 cm³/mol. The van der Waals surface area contributed by atoms with Crippen LogP contribution in [-0.2, 0) is 16.0 Å². The molecule has 34 heavy (non-hydrogen) atoms. The van der Waals surface area contributed by atoms with Crippen molar-refractivity contribution in [2.75, 3.05) is 13.7 Å². The van der Waals surface area contributed by atoms with Crippen LogP contribution in [0.4, 0.5) is 0 Å². The summed E-state index contributed by atoms with van der Waals surface area (Å²) in [5, 5.41) is 21.4. The number of phenols is 1. The van der Waals surface area contributed by atoms with Crippen LogP contribution in [0, 0.1) is 13.8 Å². The molecule has 0 aliphatic carbocycles. The second-order valence-corrected chi connectivity index (χ2v) is 8.48. The Hall–Kier alpha value is -4.06. The topological polar surface area (TPSA) is 87.1 Å². The van der Waals surface area contributed by atoms with Gasteiger partial charge in [-0.05, 0) is 55.2 Å². The van der Waals surface area contributed by atoms with Crippen LogP contribution >= 0.6 is 0 Å². The highest BCUT2D eigenvalue weighted by Gasteiger charge is 2.46. The van der Waals surface area contributed by atoms with Crippen LogP contribution in [0.25, 0.3) is 5.76 Å². The van der Waals surface area contributed by atoms with Crippen molar-refractivity contribution in [3.05, 3.63) is 100 Å². The maximum atomic E-state index is 13.3. The normalized spacial score (nSPS) is 17.3. The lowest BCUT2D eigenvalue weighted by atomic mass is 9.93. The first-order valence-corrected chi connectivity index (χ1v) is 11.1. The lowest BCUT2D eigenvalue weighted by molar-refractivity contribution is -0.139. The molecular formula is C28H27NO5. The first-order chi connectivity index (χ1) is 16.3. The number of aliphatic hydroxyl groups is 1.